The number of hydrogen-bond acceptors (Lipinski definition) is 3. The number of aryl methyl sites for hydroxylation is 1. The summed E-state index contributed by atoms with van der Waals surface area (Å²) in [5.41, 5.74) is 0.960. The quantitative estimate of drug-likeness (QED) is 0.488. The molecule has 1 aromatic carbocycles. The first-order valence-electron chi connectivity index (χ1n) is 6.46. The van der Waals surface area contributed by atoms with Crippen molar-refractivity contribution < 1.29 is 21.5 Å². The SMILES string of the molecule is O=Cc1cccn1CCC(=O)Nc1ccc([As](=O)(O)O)cc1. The van der Waals surface area contributed by atoms with Crippen molar-refractivity contribution in [3.05, 3.63) is 48.3 Å². The minimum absolute atomic E-state index is 0.0425. The summed E-state index contributed by atoms with van der Waals surface area (Å²) in [7, 11) is 0. The van der Waals surface area contributed by atoms with Crippen LogP contribution in [0.15, 0.2) is 42.6 Å². The second kappa shape index (κ2) is 6.79. The van der Waals surface area contributed by atoms with Crippen LogP contribution in [0.2, 0.25) is 0 Å². The Hall–Kier alpha value is -2.08. The fourth-order valence-corrected chi connectivity index (χ4v) is 3.05. The van der Waals surface area contributed by atoms with E-state index in [1.54, 1.807) is 22.9 Å². The van der Waals surface area contributed by atoms with Crippen LogP contribution in [0.5, 0.6) is 0 Å². The van der Waals surface area contributed by atoms with Crippen molar-refractivity contribution in [1.82, 2.24) is 4.57 Å². The Balaban J connectivity index is 1.92. The summed E-state index contributed by atoms with van der Waals surface area (Å²) < 4.78 is 30.8. The van der Waals surface area contributed by atoms with Gasteiger partial charge in [0.1, 0.15) is 0 Å². The monoisotopic (exact) mass is 366 g/mol. The maximum atomic E-state index is 11.8. The molecule has 2 rings (SSSR count). The van der Waals surface area contributed by atoms with E-state index in [1.165, 1.54) is 24.3 Å². The molecule has 116 valence electrons. The van der Waals surface area contributed by atoms with Crippen LogP contribution in [0.1, 0.15) is 16.9 Å². The number of nitrogens with one attached hydrogen (secondary N) is 1. The number of aromatic nitrogens is 1. The number of rotatable bonds is 6. The number of hydrogen-bond donors (Lipinski definition) is 3. The van der Waals surface area contributed by atoms with Gasteiger partial charge in [-0.25, -0.2) is 0 Å². The predicted octanol–water partition coefficient (Wildman–Crippen LogP) is -0.110. The molecule has 0 spiro atoms. The molecule has 0 aliphatic carbocycles. The summed E-state index contributed by atoms with van der Waals surface area (Å²) in [6.45, 7) is 0.372. The summed E-state index contributed by atoms with van der Waals surface area (Å²) in [6, 6.07) is 8.87. The Labute approximate surface area is 129 Å². The van der Waals surface area contributed by atoms with E-state index in [-0.39, 0.29) is 16.7 Å². The van der Waals surface area contributed by atoms with Gasteiger partial charge in [0, 0.05) is 0 Å². The molecule has 0 aliphatic heterocycles. The average Bonchev–Trinajstić information content (AvgIpc) is 2.92. The first kappa shape index (κ1) is 16.3. The zero-order chi connectivity index (χ0) is 16.2. The molecule has 0 radical (unpaired) electrons. The number of benzene rings is 1. The topological polar surface area (TPSA) is 109 Å². The number of carbonyl (C=O) groups excluding carboxylic acids is 2. The molecule has 1 aromatic heterocycles. The second-order valence-corrected chi connectivity index (χ2v) is 8.00. The van der Waals surface area contributed by atoms with E-state index < -0.39 is 14.2 Å². The van der Waals surface area contributed by atoms with E-state index in [2.05, 4.69) is 5.32 Å². The van der Waals surface area contributed by atoms with Crippen LogP contribution in [0.25, 0.3) is 0 Å². The van der Waals surface area contributed by atoms with Crippen LogP contribution >= 0.6 is 0 Å². The molecule has 22 heavy (non-hydrogen) atoms. The van der Waals surface area contributed by atoms with Gasteiger partial charge >= 0.3 is 129 Å². The van der Waals surface area contributed by atoms with Crippen molar-refractivity contribution in [2.45, 2.75) is 13.0 Å². The van der Waals surface area contributed by atoms with E-state index in [0.29, 0.717) is 17.9 Å². The van der Waals surface area contributed by atoms with Gasteiger partial charge in [-0.3, -0.25) is 0 Å². The van der Waals surface area contributed by atoms with Crippen LogP contribution in [0, 0.1) is 0 Å². The molecule has 1 amide bonds. The molecule has 0 aliphatic rings. The maximum absolute atomic E-state index is 11.8. The van der Waals surface area contributed by atoms with Crippen LogP contribution < -0.4 is 9.67 Å². The zero-order valence-electron chi connectivity index (χ0n) is 11.5. The predicted molar refractivity (Wildman–Crippen MR) is 80.0 cm³/mol. The van der Waals surface area contributed by atoms with Crippen molar-refractivity contribution in [1.29, 1.82) is 0 Å². The Morgan fingerprint density at radius 3 is 2.50 bits per heavy atom. The fraction of sp³-hybridized carbons (Fsp3) is 0.143. The Kier molecular flexibility index (Phi) is 5.03. The van der Waals surface area contributed by atoms with Gasteiger partial charge in [-0.2, -0.15) is 0 Å². The first-order chi connectivity index (χ1) is 10.4. The van der Waals surface area contributed by atoms with Gasteiger partial charge in [0.05, 0.1) is 0 Å². The number of carbonyl (C=O) groups is 2. The van der Waals surface area contributed by atoms with Crippen molar-refractivity contribution in [2.24, 2.45) is 0 Å². The minimum atomic E-state index is -4.89. The van der Waals surface area contributed by atoms with Crippen molar-refractivity contribution >= 4 is 36.4 Å². The number of amides is 1. The van der Waals surface area contributed by atoms with E-state index >= 15 is 0 Å². The van der Waals surface area contributed by atoms with Crippen LogP contribution in [0.3, 0.4) is 0 Å². The van der Waals surface area contributed by atoms with Gasteiger partial charge < -0.3 is 0 Å². The molecular formula is C14H15AsN2O5. The Bertz CT molecular complexity index is 717. The molecule has 0 unspecified atom stereocenters. The third kappa shape index (κ3) is 4.21. The summed E-state index contributed by atoms with van der Waals surface area (Å²) in [4.78, 5) is 22.6. The number of aldehydes is 1. The fourth-order valence-electron chi connectivity index (χ4n) is 1.92. The number of anilines is 1. The molecule has 2 aromatic rings. The van der Waals surface area contributed by atoms with Crippen molar-refractivity contribution in [3.63, 3.8) is 0 Å². The van der Waals surface area contributed by atoms with Crippen molar-refractivity contribution in [3.8, 4) is 0 Å². The Morgan fingerprint density at radius 2 is 1.91 bits per heavy atom. The second-order valence-electron chi connectivity index (χ2n) is 4.63. The van der Waals surface area contributed by atoms with Gasteiger partial charge in [0.25, 0.3) is 0 Å². The van der Waals surface area contributed by atoms with Crippen LogP contribution in [-0.2, 0) is 15.1 Å². The zero-order valence-corrected chi connectivity index (χ0v) is 13.4. The average molecular weight is 366 g/mol. The van der Waals surface area contributed by atoms with Gasteiger partial charge in [-0.1, -0.05) is 0 Å². The van der Waals surface area contributed by atoms with Crippen LogP contribution in [0.4, 0.5) is 5.69 Å². The molecule has 8 heteroatoms. The molecule has 0 saturated carbocycles. The summed E-state index contributed by atoms with van der Waals surface area (Å²) in [6.07, 6.45) is 2.62. The first-order valence-corrected chi connectivity index (χ1v) is 9.85. The van der Waals surface area contributed by atoms with E-state index in [9.17, 15) is 13.3 Å². The molecular weight excluding hydrogens is 351 g/mol. The standard InChI is InChI=1S/C14H15AsN2O5/c18-10-13-2-1-8-17(13)9-7-14(19)16-12-5-3-11(4-6-12)15(20,21)22/h1-6,8,10H,7,9H2,(H,16,19)(H2,20,21,22). The molecule has 0 bridgehead atoms. The molecule has 0 atom stereocenters. The summed E-state index contributed by atoms with van der Waals surface area (Å²) >= 11 is -4.89. The van der Waals surface area contributed by atoms with Gasteiger partial charge in [0.15, 0.2) is 0 Å². The third-order valence-electron chi connectivity index (χ3n) is 3.05. The van der Waals surface area contributed by atoms with Gasteiger partial charge in [-0.05, 0) is 0 Å². The number of nitrogens with zero attached hydrogens (tertiary/aromatic N) is 1. The summed E-state index contributed by atoms with van der Waals surface area (Å²) in [5.74, 6) is -0.250. The summed E-state index contributed by atoms with van der Waals surface area (Å²) in [5, 5.41) is 2.63. The molecule has 1 heterocycles. The van der Waals surface area contributed by atoms with Crippen molar-refractivity contribution in [2.75, 3.05) is 5.32 Å². The molecule has 7 nitrogen and oxygen atoms in total. The molecule has 3 N–H and O–H groups in total. The van der Waals surface area contributed by atoms with E-state index in [4.69, 9.17) is 8.19 Å². The van der Waals surface area contributed by atoms with Crippen LogP contribution in [-0.4, -0.2) is 39.1 Å². The van der Waals surface area contributed by atoms with E-state index in [1.807, 2.05) is 0 Å². The normalized spacial score (nSPS) is 11.2. The van der Waals surface area contributed by atoms with E-state index in [0.717, 1.165) is 6.29 Å². The molecule has 0 saturated heterocycles. The van der Waals surface area contributed by atoms with Gasteiger partial charge in [-0.15, -0.1) is 0 Å². The Morgan fingerprint density at radius 1 is 1.23 bits per heavy atom. The van der Waals surface area contributed by atoms with Gasteiger partial charge in [0.2, 0.25) is 0 Å². The molecule has 0 fully saturated rings. The third-order valence-corrected chi connectivity index (χ3v) is 5.09.